The topological polar surface area (TPSA) is 75.1 Å². The molecule has 0 aromatic carbocycles. The van der Waals surface area contributed by atoms with Gasteiger partial charge in [0.05, 0.1) is 0 Å². The van der Waals surface area contributed by atoms with E-state index in [2.05, 4.69) is 34.3 Å². The number of nitrogens with zero attached hydrogens (tertiary/aromatic N) is 3. The Kier molecular flexibility index (Phi) is 5.57. The summed E-state index contributed by atoms with van der Waals surface area (Å²) in [7, 11) is 0. The molecule has 0 saturated heterocycles. The summed E-state index contributed by atoms with van der Waals surface area (Å²) in [5, 5.41) is 10.6. The highest BCUT2D eigenvalue weighted by Gasteiger charge is 2.18. The normalized spacial score (nSPS) is 14.2. The van der Waals surface area contributed by atoms with Gasteiger partial charge >= 0.3 is 0 Å². The maximum absolute atomic E-state index is 12.2. The van der Waals surface area contributed by atoms with E-state index in [1.54, 1.807) is 4.63 Å². The Hall–Kier alpha value is -1.85. The number of hydrogen-bond acceptors (Lipinski definition) is 3. The van der Waals surface area contributed by atoms with Gasteiger partial charge in [0, 0.05) is 30.1 Å². The Morgan fingerprint density at radius 2 is 2.23 bits per heavy atom. The maximum Gasteiger partial charge on any atom is 0.223 e. The predicted molar refractivity (Wildman–Crippen MR) is 86.8 cm³/mol. The van der Waals surface area contributed by atoms with E-state index in [0.29, 0.717) is 6.54 Å². The first-order valence-corrected chi connectivity index (χ1v) is 8.25. The third-order valence-electron chi connectivity index (χ3n) is 4.07. The summed E-state index contributed by atoms with van der Waals surface area (Å²) in [6.07, 6.45) is 4.10. The van der Waals surface area contributed by atoms with Crippen molar-refractivity contribution in [1.29, 1.82) is 0 Å². The standard InChI is InChI=1S/C16H27N5O/c1-5-7-8-13(6-2)16(22)17-10-11(3)15-18-14-9-12(4)19-21(14)20-15/h9,11,13,19H,5-8,10H2,1-4H3,(H,17,22). The predicted octanol–water partition coefficient (Wildman–Crippen LogP) is 2.80. The molecule has 122 valence electrons. The number of amides is 1. The van der Waals surface area contributed by atoms with Crippen LogP contribution in [0, 0.1) is 12.8 Å². The molecule has 2 rings (SSSR count). The summed E-state index contributed by atoms with van der Waals surface area (Å²) in [4.78, 5) is 16.7. The van der Waals surface area contributed by atoms with Crippen LogP contribution in [0.4, 0.5) is 0 Å². The van der Waals surface area contributed by atoms with Crippen molar-refractivity contribution in [2.24, 2.45) is 5.92 Å². The fourth-order valence-electron chi connectivity index (χ4n) is 2.58. The van der Waals surface area contributed by atoms with Crippen LogP contribution < -0.4 is 5.32 Å². The number of hydrogen-bond donors (Lipinski definition) is 2. The lowest BCUT2D eigenvalue weighted by Crippen LogP contribution is -2.33. The molecule has 2 aromatic rings. The van der Waals surface area contributed by atoms with Crippen molar-refractivity contribution in [1.82, 2.24) is 25.1 Å². The van der Waals surface area contributed by atoms with Gasteiger partial charge in [-0.3, -0.25) is 9.89 Å². The molecular formula is C16H27N5O. The first kappa shape index (κ1) is 16.5. The largest absolute Gasteiger partial charge is 0.355 e. The summed E-state index contributed by atoms with van der Waals surface area (Å²) in [5.41, 5.74) is 1.85. The van der Waals surface area contributed by atoms with E-state index in [9.17, 15) is 4.79 Å². The lowest BCUT2D eigenvalue weighted by Gasteiger charge is -2.16. The molecule has 2 heterocycles. The van der Waals surface area contributed by atoms with E-state index in [1.165, 1.54) is 0 Å². The highest BCUT2D eigenvalue weighted by Crippen LogP contribution is 2.15. The molecule has 6 nitrogen and oxygen atoms in total. The highest BCUT2D eigenvalue weighted by atomic mass is 16.1. The Morgan fingerprint density at radius 3 is 2.86 bits per heavy atom. The minimum absolute atomic E-state index is 0.0984. The van der Waals surface area contributed by atoms with Crippen molar-refractivity contribution in [3.05, 3.63) is 17.6 Å². The van der Waals surface area contributed by atoms with Gasteiger partial charge in [-0.2, -0.15) is 4.63 Å². The van der Waals surface area contributed by atoms with Crippen LogP contribution in [-0.2, 0) is 4.79 Å². The molecule has 2 N–H and O–H groups in total. The molecule has 0 saturated carbocycles. The second kappa shape index (κ2) is 7.42. The van der Waals surface area contributed by atoms with Gasteiger partial charge in [-0.1, -0.05) is 33.6 Å². The molecule has 22 heavy (non-hydrogen) atoms. The van der Waals surface area contributed by atoms with Crippen LogP contribution in [0.1, 0.15) is 63.9 Å². The molecule has 0 spiro atoms. The zero-order valence-electron chi connectivity index (χ0n) is 14.0. The molecule has 0 aliphatic rings. The lowest BCUT2D eigenvalue weighted by atomic mass is 9.98. The van der Waals surface area contributed by atoms with E-state index in [-0.39, 0.29) is 17.7 Å². The molecule has 0 fully saturated rings. The molecule has 2 atom stereocenters. The summed E-state index contributed by atoms with van der Waals surface area (Å²) < 4.78 is 1.68. The maximum atomic E-state index is 12.2. The average Bonchev–Trinajstić information content (AvgIpc) is 3.02. The van der Waals surface area contributed by atoms with Crippen molar-refractivity contribution in [2.75, 3.05) is 6.54 Å². The smallest absolute Gasteiger partial charge is 0.223 e. The number of unbranched alkanes of at least 4 members (excludes halogenated alkanes) is 1. The van der Waals surface area contributed by atoms with Crippen molar-refractivity contribution in [2.45, 2.75) is 59.3 Å². The van der Waals surface area contributed by atoms with Crippen LogP contribution >= 0.6 is 0 Å². The summed E-state index contributed by atoms with van der Waals surface area (Å²) in [5.74, 6) is 1.14. The van der Waals surface area contributed by atoms with Crippen molar-refractivity contribution in [3.8, 4) is 0 Å². The van der Waals surface area contributed by atoms with Gasteiger partial charge in [0.25, 0.3) is 0 Å². The number of nitrogens with one attached hydrogen (secondary N) is 2. The van der Waals surface area contributed by atoms with E-state index < -0.39 is 0 Å². The van der Waals surface area contributed by atoms with Crippen LogP contribution in [0.5, 0.6) is 0 Å². The number of carbonyl (C=O) groups excluding carboxylic acids is 1. The molecule has 2 unspecified atom stereocenters. The minimum Gasteiger partial charge on any atom is -0.355 e. The van der Waals surface area contributed by atoms with E-state index in [4.69, 9.17) is 0 Å². The Balaban J connectivity index is 1.89. The molecular weight excluding hydrogens is 278 g/mol. The molecule has 6 heteroatoms. The third kappa shape index (κ3) is 3.87. The van der Waals surface area contributed by atoms with Gasteiger partial charge in [-0.15, -0.1) is 5.10 Å². The Labute approximate surface area is 131 Å². The molecule has 0 aliphatic carbocycles. The van der Waals surface area contributed by atoms with Crippen molar-refractivity contribution < 1.29 is 4.79 Å². The van der Waals surface area contributed by atoms with Crippen molar-refractivity contribution >= 4 is 11.6 Å². The van der Waals surface area contributed by atoms with Gasteiger partial charge in [-0.25, -0.2) is 4.98 Å². The van der Waals surface area contributed by atoms with E-state index in [1.807, 2.05) is 19.9 Å². The van der Waals surface area contributed by atoms with E-state index >= 15 is 0 Å². The summed E-state index contributed by atoms with van der Waals surface area (Å²) in [6, 6.07) is 1.96. The van der Waals surface area contributed by atoms with Crippen molar-refractivity contribution in [3.63, 3.8) is 0 Å². The average molecular weight is 305 g/mol. The van der Waals surface area contributed by atoms with Crippen LogP contribution in [0.25, 0.3) is 5.65 Å². The van der Waals surface area contributed by atoms with Gasteiger partial charge < -0.3 is 5.32 Å². The second-order valence-electron chi connectivity index (χ2n) is 6.07. The number of aromatic nitrogens is 4. The fourth-order valence-corrected chi connectivity index (χ4v) is 2.58. The summed E-state index contributed by atoms with van der Waals surface area (Å²) >= 11 is 0. The highest BCUT2D eigenvalue weighted by molar-refractivity contribution is 5.78. The zero-order chi connectivity index (χ0) is 16.1. The Morgan fingerprint density at radius 1 is 1.45 bits per heavy atom. The van der Waals surface area contributed by atoms with Crippen LogP contribution in [0.15, 0.2) is 6.07 Å². The third-order valence-corrected chi connectivity index (χ3v) is 4.07. The van der Waals surface area contributed by atoms with Gasteiger partial charge in [-0.05, 0) is 19.8 Å². The van der Waals surface area contributed by atoms with Gasteiger partial charge in [0.15, 0.2) is 11.5 Å². The van der Waals surface area contributed by atoms with Crippen LogP contribution in [0.3, 0.4) is 0 Å². The Bertz CT molecular complexity index is 584. The summed E-state index contributed by atoms with van der Waals surface area (Å²) in [6.45, 7) is 8.81. The van der Waals surface area contributed by atoms with Crippen LogP contribution in [0.2, 0.25) is 0 Å². The number of carbonyl (C=O) groups is 1. The quantitative estimate of drug-likeness (QED) is 0.787. The first-order chi connectivity index (χ1) is 10.5. The second-order valence-corrected chi connectivity index (χ2v) is 6.07. The molecule has 0 bridgehead atoms. The van der Waals surface area contributed by atoms with Crippen LogP contribution in [-0.4, -0.2) is 32.3 Å². The lowest BCUT2D eigenvalue weighted by molar-refractivity contribution is -0.125. The molecule has 0 radical (unpaired) electrons. The zero-order valence-corrected chi connectivity index (χ0v) is 14.0. The van der Waals surface area contributed by atoms with E-state index in [0.717, 1.165) is 42.8 Å². The number of rotatable bonds is 8. The number of aromatic amines is 1. The molecule has 1 amide bonds. The minimum atomic E-state index is 0.0984. The monoisotopic (exact) mass is 305 g/mol. The fraction of sp³-hybridized carbons (Fsp3) is 0.688. The number of aryl methyl sites for hydroxylation is 1. The van der Waals surface area contributed by atoms with Gasteiger partial charge in [0.2, 0.25) is 5.91 Å². The van der Waals surface area contributed by atoms with Gasteiger partial charge in [0.1, 0.15) is 0 Å². The first-order valence-electron chi connectivity index (χ1n) is 8.25. The number of fused-ring (bicyclic) bond motifs is 1. The molecule has 0 aliphatic heterocycles. The SMILES string of the molecule is CCCCC(CC)C(=O)NCC(C)c1nc2cc(C)[nH]n2n1. The number of H-pyrrole nitrogens is 1. The molecule has 2 aromatic heterocycles.